The molecule has 0 saturated heterocycles. The fourth-order valence-corrected chi connectivity index (χ4v) is 2.07. The monoisotopic (exact) mass is 275 g/mol. The Kier molecular flexibility index (Phi) is 3.05. The Morgan fingerprint density at radius 1 is 1.32 bits per heavy atom. The van der Waals surface area contributed by atoms with Crippen molar-refractivity contribution in [3.8, 4) is 5.75 Å². The first-order valence-electron chi connectivity index (χ1n) is 5.77. The van der Waals surface area contributed by atoms with Crippen LogP contribution in [0.25, 0.3) is 0 Å². The van der Waals surface area contributed by atoms with E-state index < -0.39 is 0 Å². The van der Waals surface area contributed by atoms with Gasteiger partial charge in [0.25, 0.3) is 5.91 Å². The molecule has 1 aromatic heterocycles. The number of aromatic nitrogens is 2. The predicted molar refractivity (Wildman–Crippen MR) is 70.6 cm³/mol. The fourth-order valence-electron chi connectivity index (χ4n) is 1.92. The van der Waals surface area contributed by atoms with E-state index in [2.05, 4.69) is 15.3 Å². The Balaban J connectivity index is 1.81. The van der Waals surface area contributed by atoms with Crippen molar-refractivity contribution in [2.45, 2.75) is 6.42 Å². The minimum Gasteiger partial charge on any atom is -0.493 e. The Morgan fingerprint density at radius 3 is 3.05 bits per heavy atom. The Bertz CT molecular complexity index is 646. The number of benzene rings is 1. The largest absolute Gasteiger partial charge is 0.493 e. The first-order valence-corrected chi connectivity index (χ1v) is 6.15. The molecule has 2 heterocycles. The van der Waals surface area contributed by atoms with Crippen LogP contribution in [0.1, 0.15) is 15.9 Å². The van der Waals surface area contributed by atoms with Gasteiger partial charge in [-0.05, 0) is 23.8 Å². The second kappa shape index (κ2) is 4.85. The summed E-state index contributed by atoms with van der Waals surface area (Å²) in [6.07, 6.45) is 2.13. The summed E-state index contributed by atoms with van der Waals surface area (Å²) in [5, 5.41) is 2.96. The number of rotatable bonds is 2. The number of carbonyl (C=O) groups is 1. The van der Waals surface area contributed by atoms with Gasteiger partial charge in [-0.2, -0.15) is 0 Å². The summed E-state index contributed by atoms with van der Waals surface area (Å²) in [5.41, 5.74) is 1.62. The molecular weight excluding hydrogens is 266 g/mol. The van der Waals surface area contributed by atoms with Crippen molar-refractivity contribution in [2.75, 3.05) is 11.9 Å². The highest BCUT2D eigenvalue weighted by atomic mass is 35.5. The maximum atomic E-state index is 12.1. The van der Waals surface area contributed by atoms with Crippen LogP contribution in [0, 0.1) is 0 Å². The van der Waals surface area contributed by atoms with Crippen molar-refractivity contribution in [1.82, 2.24) is 9.97 Å². The molecule has 6 heteroatoms. The van der Waals surface area contributed by atoms with Crippen molar-refractivity contribution in [3.63, 3.8) is 0 Å². The maximum Gasteiger partial charge on any atom is 0.256 e. The van der Waals surface area contributed by atoms with E-state index in [1.165, 1.54) is 12.4 Å². The van der Waals surface area contributed by atoms with E-state index in [1.807, 2.05) is 12.1 Å². The molecule has 0 fully saturated rings. The van der Waals surface area contributed by atoms with Crippen molar-refractivity contribution in [3.05, 3.63) is 46.9 Å². The summed E-state index contributed by atoms with van der Waals surface area (Å²) in [6.45, 7) is 0.669. The molecule has 1 aliphatic heterocycles. The van der Waals surface area contributed by atoms with Crippen LogP contribution < -0.4 is 10.1 Å². The lowest BCUT2D eigenvalue weighted by Crippen LogP contribution is -2.13. The first kappa shape index (κ1) is 11.9. The van der Waals surface area contributed by atoms with Crippen LogP contribution in [-0.2, 0) is 6.42 Å². The molecule has 19 heavy (non-hydrogen) atoms. The smallest absolute Gasteiger partial charge is 0.256 e. The highest BCUT2D eigenvalue weighted by Crippen LogP contribution is 2.26. The van der Waals surface area contributed by atoms with Gasteiger partial charge in [-0.15, -0.1) is 0 Å². The number of ether oxygens (including phenoxy) is 1. The number of nitrogens with one attached hydrogen (secondary N) is 1. The maximum absolute atomic E-state index is 12.1. The van der Waals surface area contributed by atoms with E-state index in [-0.39, 0.29) is 11.1 Å². The van der Waals surface area contributed by atoms with Crippen molar-refractivity contribution in [1.29, 1.82) is 0 Å². The van der Waals surface area contributed by atoms with Gasteiger partial charge in [0, 0.05) is 18.1 Å². The Morgan fingerprint density at radius 2 is 2.21 bits per heavy atom. The first-order chi connectivity index (χ1) is 9.22. The van der Waals surface area contributed by atoms with Gasteiger partial charge in [-0.1, -0.05) is 11.6 Å². The lowest BCUT2D eigenvalue weighted by molar-refractivity contribution is 0.102. The number of hydrogen-bond acceptors (Lipinski definition) is 4. The van der Waals surface area contributed by atoms with Crippen LogP contribution in [0.3, 0.4) is 0 Å². The molecule has 1 aliphatic rings. The zero-order valence-corrected chi connectivity index (χ0v) is 10.6. The molecule has 3 rings (SSSR count). The minimum absolute atomic E-state index is 0.232. The predicted octanol–water partition coefficient (Wildman–Crippen LogP) is 2.32. The summed E-state index contributed by atoms with van der Waals surface area (Å²) in [4.78, 5) is 19.7. The van der Waals surface area contributed by atoms with Crippen LogP contribution in [0.5, 0.6) is 5.75 Å². The Hall–Kier alpha value is -2.14. The van der Waals surface area contributed by atoms with Crippen LogP contribution in [0.15, 0.2) is 30.6 Å². The van der Waals surface area contributed by atoms with E-state index in [0.29, 0.717) is 18.0 Å². The molecule has 1 amide bonds. The second-order valence-electron chi connectivity index (χ2n) is 4.10. The summed E-state index contributed by atoms with van der Waals surface area (Å²) in [7, 11) is 0. The highest BCUT2D eigenvalue weighted by Gasteiger charge is 2.15. The number of hydrogen-bond donors (Lipinski definition) is 1. The Labute approximate surface area is 114 Å². The van der Waals surface area contributed by atoms with E-state index >= 15 is 0 Å². The topological polar surface area (TPSA) is 64.1 Å². The molecule has 96 valence electrons. The van der Waals surface area contributed by atoms with Gasteiger partial charge in [0.1, 0.15) is 23.0 Å². The standard InChI is InChI=1S/C13H10ClN3O2/c14-11-6-12(16-7-15-11)17-13(18)9-1-2-10-8(5-9)3-4-19-10/h1-2,5-7H,3-4H2,(H,15,16,17,18). The average molecular weight is 276 g/mol. The lowest BCUT2D eigenvalue weighted by atomic mass is 10.1. The van der Waals surface area contributed by atoms with Crippen LogP contribution in [0.2, 0.25) is 5.15 Å². The van der Waals surface area contributed by atoms with Gasteiger partial charge in [-0.3, -0.25) is 4.79 Å². The molecule has 5 nitrogen and oxygen atoms in total. The van der Waals surface area contributed by atoms with Crippen molar-refractivity contribution >= 4 is 23.3 Å². The third kappa shape index (κ3) is 2.51. The molecule has 0 spiro atoms. The average Bonchev–Trinajstić information content (AvgIpc) is 2.85. The third-order valence-corrected chi connectivity index (χ3v) is 3.03. The molecule has 0 saturated carbocycles. The summed E-state index contributed by atoms with van der Waals surface area (Å²) >= 11 is 5.73. The summed E-state index contributed by atoms with van der Waals surface area (Å²) in [5.74, 6) is 0.993. The second-order valence-corrected chi connectivity index (χ2v) is 4.49. The quantitative estimate of drug-likeness (QED) is 0.854. The third-order valence-electron chi connectivity index (χ3n) is 2.83. The number of carbonyl (C=O) groups excluding carboxylic acids is 1. The molecule has 2 aromatic rings. The highest BCUT2D eigenvalue weighted by molar-refractivity contribution is 6.29. The molecule has 1 N–H and O–H groups in total. The van der Waals surface area contributed by atoms with Crippen molar-refractivity contribution in [2.24, 2.45) is 0 Å². The van der Waals surface area contributed by atoms with E-state index in [9.17, 15) is 4.79 Å². The number of halogens is 1. The minimum atomic E-state index is -0.232. The lowest BCUT2D eigenvalue weighted by Gasteiger charge is -2.05. The van der Waals surface area contributed by atoms with Gasteiger partial charge in [0.2, 0.25) is 0 Å². The summed E-state index contributed by atoms with van der Waals surface area (Å²) in [6, 6.07) is 6.86. The zero-order valence-electron chi connectivity index (χ0n) is 9.89. The molecule has 0 bridgehead atoms. The van der Waals surface area contributed by atoms with Crippen LogP contribution in [-0.4, -0.2) is 22.5 Å². The number of fused-ring (bicyclic) bond motifs is 1. The zero-order chi connectivity index (χ0) is 13.2. The molecule has 1 aromatic carbocycles. The van der Waals surface area contributed by atoms with E-state index in [0.717, 1.165) is 17.7 Å². The number of nitrogens with zero attached hydrogens (tertiary/aromatic N) is 2. The molecule has 0 radical (unpaired) electrons. The number of amides is 1. The SMILES string of the molecule is O=C(Nc1cc(Cl)ncn1)c1ccc2c(c1)CCO2. The summed E-state index contributed by atoms with van der Waals surface area (Å²) < 4.78 is 5.40. The van der Waals surface area contributed by atoms with Crippen molar-refractivity contribution < 1.29 is 9.53 Å². The molecule has 0 atom stereocenters. The van der Waals surface area contributed by atoms with Crippen LogP contribution in [0.4, 0.5) is 5.82 Å². The number of anilines is 1. The van der Waals surface area contributed by atoms with Gasteiger partial charge < -0.3 is 10.1 Å². The van der Waals surface area contributed by atoms with Gasteiger partial charge in [0.05, 0.1) is 6.61 Å². The van der Waals surface area contributed by atoms with E-state index in [1.54, 1.807) is 6.07 Å². The van der Waals surface area contributed by atoms with Gasteiger partial charge in [0.15, 0.2) is 0 Å². The fraction of sp³-hybridized carbons (Fsp3) is 0.154. The molecular formula is C13H10ClN3O2. The molecule has 0 unspecified atom stereocenters. The normalized spacial score (nSPS) is 12.7. The van der Waals surface area contributed by atoms with Gasteiger partial charge >= 0.3 is 0 Å². The molecule has 0 aliphatic carbocycles. The van der Waals surface area contributed by atoms with E-state index in [4.69, 9.17) is 16.3 Å². The van der Waals surface area contributed by atoms with Crippen LogP contribution >= 0.6 is 11.6 Å². The van der Waals surface area contributed by atoms with Gasteiger partial charge in [-0.25, -0.2) is 9.97 Å².